The number of aromatic hydroxyl groups is 1. The molecular formula is C13H16N4O3. The molecule has 1 aliphatic rings. The highest BCUT2D eigenvalue weighted by Gasteiger charge is 2.25. The van der Waals surface area contributed by atoms with Crippen LogP contribution in [0.5, 0.6) is 5.75 Å². The maximum atomic E-state index is 9.92. The summed E-state index contributed by atoms with van der Waals surface area (Å²) in [7, 11) is 2.01. The van der Waals surface area contributed by atoms with Gasteiger partial charge in [0.15, 0.2) is 5.75 Å². The number of nitrogens with two attached hydrogens (primary N) is 1. The minimum absolute atomic E-state index is 0.0515. The van der Waals surface area contributed by atoms with Crippen molar-refractivity contribution in [3.63, 3.8) is 0 Å². The molecule has 0 aliphatic carbocycles. The van der Waals surface area contributed by atoms with Gasteiger partial charge in [-0.3, -0.25) is 0 Å². The summed E-state index contributed by atoms with van der Waals surface area (Å²) in [5.74, 6) is 0.666. The number of aromatic nitrogens is 2. The topological polar surface area (TPSA) is 97.6 Å². The fourth-order valence-electron chi connectivity index (χ4n) is 2.14. The molecule has 7 nitrogen and oxygen atoms in total. The Balaban J connectivity index is 1.88. The summed E-state index contributed by atoms with van der Waals surface area (Å²) in [4.78, 5) is 6.44. The molecule has 0 spiro atoms. The van der Waals surface area contributed by atoms with Gasteiger partial charge in [0, 0.05) is 13.1 Å². The van der Waals surface area contributed by atoms with Gasteiger partial charge >= 0.3 is 0 Å². The number of nitrogen functional groups attached to an aromatic ring is 1. The van der Waals surface area contributed by atoms with Crippen LogP contribution in [0.1, 0.15) is 11.9 Å². The molecule has 0 radical (unpaired) electrons. The summed E-state index contributed by atoms with van der Waals surface area (Å²) in [6, 6.07) is 5.01. The Morgan fingerprint density at radius 3 is 3.10 bits per heavy atom. The minimum atomic E-state index is -0.213. The molecule has 1 aromatic carbocycles. The van der Waals surface area contributed by atoms with Gasteiger partial charge in [-0.15, -0.1) is 0 Å². The highest BCUT2D eigenvalue weighted by atomic mass is 16.5. The molecule has 1 aromatic heterocycles. The highest BCUT2D eigenvalue weighted by molar-refractivity contribution is 5.71. The average molecular weight is 276 g/mol. The van der Waals surface area contributed by atoms with E-state index in [1.807, 2.05) is 7.05 Å². The second-order valence-electron chi connectivity index (χ2n) is 4.82. The van der Waals surface area contributed by atoms with Gasteiger partial charge in [-0.05, 0) is 19.2 Å². The number of phenols is 1. The molecule has 2 aromatic rings. The Bertz CT molecular complexity index is 613. The van der Waals surface area contributed by atoms with E-state index in [0.717, 1.165) is 6.54 Å². The monoisotopic (exact) mass is 276 g/mol. The smallest absolute Gasteiger partial charge is 0.261 e. The molecule has 0 bridgehead atoms. The van der Waals surface area contributed by atoms with Crippen molar-refractivity contribution in [2.45, 2.75) is 6.10 Å². The third-order valence-electron chi connectivity index (χ3n) is 3.30. The number of anilines is 1. The maximum absolute atomic E-state index is 9.92. The number of phenolic OH excluding ortho intramolecular Hbond substituents is 1. The Morgan fingerprint density at radius 1 is 1.45 bits per heavy atom. The molecule has 1 fully saturated rings. The van der Waals surface area contributed by atoms with Gasteiger partial charge in [0.1, 0.15) is 6.10 Å². The first-order valence-electron chi connectivity index (χ1n) is 6.36. The van der Waals surface area contributed by atoms with E-state index in [1.165, 1.54) is 0 Å². The quantitative estimate of drug-likeness (QED) is 0.624. The van der Waals surface area contributed by atoms with Crippen molar-refractivity contribution in [3.8, 4) is 17.2 Å². The zero-order valence-corrected chi connectivity index (χ0v) is 11.1. The van der Waals surface area contributed by atoms with E-state index in [1.54, 1.807) is 18.2 Å². The van der Waals surface area contributed by atoms with Crippen LogP contribution in [-0.2, 0) is 4.74 Å². The lowest BCUT2D eigenvalue weighted by atomic mass is 10.1. The number of likely N-dealkylation sites (N-methyl/N-ethyl adjacent to an activating group) is 1. The van der Waals surface area contributed by atoms with E-state index in [9.17, 15) is 5.11 Å². The first-order valence-corrected chi connectivity index (χ1v) is 6.36. The van der Waals surface area contributed by atoms with Crippen molar-refractivity contribution in [2.24, 2.45) is 0 Å². The SMILES string of the molecule is CN1CCOC(c2noc(-c3cccc(N)c3O)n2)C1. The second-order valence-corrected chi connectivity index (χ2v) is 4.82. The van der Waals surface area contributed by atoms with Crippen LogP contribution in [0.3, 0.4) is 0 Å². The third-order valence-corrected chi connectivity index (χ3v) is 3.30. The highest BCUT2D eigenvalue weighted by Crippen LogP contribution is 2.33. The Morgan fingerprint density at radius 2 is 2.30 bits per heavy atom. The normalized spacial score (nSPS) is 20.1. The Kier molecular flexibility index (Phi) is 3.29. The third kappa shape index (κ3) is 2.33. The molecule has 1 atom stereocenters. The number of hydrogen-bond acceptors (Lipinski definition) is 7. The number of para-hydroxylation sites is 1. The number of hydrogen-bond donors (Lipinski definition) is 2. The summed E-state index contributed by atoms with van der Waals surface area (Å²) in [5.41, 5.74) is 6.35. The van der Waals surface area contributed by atoms with E-state index in [0.29, 0.717) is 24.5 Å². The summed E-state index contributed by atoms with van der Waals surface area (Å²) >= 11 is 0. The number of benzene rings is 1. The first-order chi connectivity index (χ1) is 9.65. The van der Waals surface area contributed by atoms with E-state index < -0.39 is 0 Å². The number of morpholine rings is 1. The van der Waals surface area contributed by atoms with Crippen LogP contribution in [0.15, 0.2) is 22.7 Å². The predicted octanol–water partition coefficient (Wildman–Crippen LogP) is 1.03. The average Bonchev–Trinajstić information content (AvgIpc) is 2.91. The van der Waals surface area contributed by atoms with Crippen molar-refractivity contribution in [1.29, 1.82) is 0 Å². The van der Waals surface area contributed by atoms with Crippen LogP contribution in [0.2, 0.25) is 0 Å². The fraction of sp³-hybridized carbons (Fsp3) is 0.385. The number of nitrogens with zero attached hydrogens (tertiary/aromatic N) is 3. The van der Waals surface area contributed by atoms with Gasteiger partial charge in [0.25, 0.3) is 5.89 Å². The number of ether oxygens (including phenoxy) is 1. The van der Waals surface area contributed by atoms with Crippen molar-refractivity contribution in [2.75, 3.05) is 32.5 Å². The van der Waals surface area contributed by atoms with E-state index in [4.69, 9.17) is 15.0 Å². The molecule has 3 rings (SSSR count). The van der Waals surface area contributed by atoms with Gasteiger partial charge in [-0.1, -0.05) is 11.2 Å². The minimum Gasteiger partial charge on any atom is -0.505 e. The van der Waals surface area contributed by atoms with Crippen molar-refractivity contribution in [3.05, 3.63) is 24.0 Å². The molecule has 3 N–H and O–H groups in total. The Hall–Kier alpha value is -2.12. The molecule has 7 heteroatoms. The zero-order valence-electron chi connectivity index (χ0n) is 11.1. The molecule has 106 valence electrons. The van der Waals surface area contributed by atoms with E-state index in [-0.39, 0.29) is 23.4 Å². The van der Waals surface area contributed by atoms with Crippen LogP contribution in [0, 0.1) is 0 Å². The van der Waals surface area contributed by atoms with Crippen LogP contribution in [-0.4, -0.2) is 46.9 Å². The summed E-state index contributed by atoms with van der Waals surface area (Å²) in [6.07, 6.45) is -0.213. The maximum Gasteiger partial charge on any atom is 0.261 e. The number of rotatable bonds is 2. The summed E-state index contributed by atoms with van der Waals surface area (Å²) in [6.45, 7) is 2.23. The lowest BCUT2D eigenvalue weighted by molar-refractivity contribution is -0.0264. The van der Waals surface area contributed by atoms with E-state index in [2.05, 4.69) is 15.0 Å². The molecule has 1 saturated heterocycles. The van der Waals surface area contributed by atoms with Gasteiger partial charge in [0.05, 0.1) is 17.9 Å². The van der Waals surface area contributed by atoms with Crippen LogP contribution in [0.25, 0.3) is 11.5 Å². The second kappa shape index (κ2) is 5.10. The molecule has 1 unspecified atom stereocenters. The van der Waals surface area contributed by atoms with Crippen LogP contribution < -0.4 is 5.73 Å². The molecule has 1 aliphatic heterocycles. The van der Waals surface area contributed by atoms with Crippen LogP contribution >= 0.6 is 0 Å². The lowest BCUT2D eigenvalue weighted by Crippen LogP contribution is -2.35. The van der Waals surface area contributed by atoms with Crippen molar-refractivity contribution in [1.82, 2.24) is 15.0 Å². The first kappa shape index (κ1) is 12.9. The molecule has 2 heterocycles. The summed E-state index contributed by atoms with van der Waals surface area (Å²) in [5, 5.41) is 13.9. The van der Waals surface area contributed by atoms with Crippen LogP contribution in [0.4, 0.5) is 5.69 Å². The van der Waals surface area contributed by atoms with Gasteiger partial charge in [-0.2, -0.15) is 4.98 Å². The fourth-order valence-corrected chi connectivity index (χ4v) is 2.14. The lowest BCUT2D eigenvalue weighted by Gasteiger charge is -2.27. The summed E-state index contributed by atoms with van der Waals surface area (Å²) < 4.78 is 10.8. The van der Waals surface area contributed by atoms with E-state index >= 15 is 0 Å². The molecule has 0 saturated carbocycles. The molecular weight excluding hydrogens is 260 g/mol. The van der Waals surface area contributed by atoms with Crippen molar-refractivity contribution < 1.29 is 14.4 Å². The van der Waals surface area contributed by atoms with Crippen molar-refractivity contribution >= 4 is 5.69 Å². The molecule has 0 amide bonds. The van der Waals surface area contributed by atoms with Gasteiger partial charge < -0.3 is 25.0 Å². The Labute approximate surface area is 115 Å². The predicted molar refractivity (Wildman–Crippen MR) is 72.0 cm³/mol. The van der Waals surface area contributed by atoms with Gasteiger partial charge in [-0.25, -0.2) is 0 Å². The largest absolute Gasteiger partial charge is 0.505 e. The standard InChI is InChI=1S/C13H16N4O3/c1-17-5-6-19-10(7-17)12-15-13(20-16-12)8-3-2-4-9(14)11(8)18/h2-4,10,18H,5-7,14H2,1H3. The van der Waals surface area contributed by atoms with Gasteiger partial charge in [0.2, 0.25) is 5.82 Å². The zero-order chi connectivity index (χ0) is 14.1. The molecule has 20 heavy (non-hydrogen) atoms.